The van der Waals surface area contributed by atoms with Crippen LogP contribution in [0.2, 0.25) is 0 Å². The molecule has 0 aromatic heterocycles. The van der Waals surface area contributed by atoms with E-state index in [1.54, 1.807) is 6.08 Å². The number of benzene rings is 1. The van der Waals surface area contributed by atoms with Gasteiger partial charge in [-0.05, 0) is 28.5 Å². The zero-order valence-electron chi connectivity index (χ0n) is 9.39. The fraction of sp³-hybridized carbons (Fsp3) is 0.0625. The Labute approximate surface area is 99.8 Å². The van der Waals surface area contributed by atoms with Crippen LogP contribution in [-0.2, 0) is 4.79 Å². The monoisotopic (exact) mass is 220 g/mol. The molecule has 0 unspecified atom stereocenters. The first-order valence-corrected chi connectivity index (χ1v) is 5.74. The van der Waals surface area contributed by atoms with E-state index in [4.69, 9.17) is 0 Å². The first-order chi connectivity index (χ1) is 8.34. The van der Waals surface area contributed by atoms with Crippen molar-refractivity contribution in [1.29, 1.82) is 0 Å². The van der Waals surface area contributed by atoms with Crippen molar-refractivity contribution in [3.63, 3.8) is 0 Å². The van der Waals surface area contributed by atoms with Gasteiger partial charge < -0.3 is 0 Å². The Kier molecular flexibility index (Phi) is 2.37. The summed E-state index contributed by atoms with van der Waals surface area (Å²) in [6.45, 7) is 0. The summed E-state index contributed by atoms with van der Waals surface area (Å²) in [5.74, 6) is 0.0983. The van der Waals surface area contributed by atoms with Gasteiger partial charge in [0.25, 0.3) is 0 Å². The smallest absolute Gasteiger partial charge is 0.186 e. The lowest BCUT2D eigenvalue weighted by Crippen LogP contribution is -2.26. The van der Waals surface area contributed by atoms with E-state index in [0.29, 0.717) is 0 Å². The normalized spacial score (nSPS) is 24.6. The fourth-order valence-electron chi connectivity index (χ4n) is 2.18. The maximum absolute atomic E-state index is 12.2. The average Bonchev–Trinajstić information content (AvgIpc) is 2.36. The Morgan fingerprint density at radius 3 is 2.65 bits per heavy atom. The fourth-order valence-corrected chi connectivity index (χ4v) is 2.18. The maximum atomic E-state index is 12.2. The molecule has 0 heterocycles. The Hall–Kier alpha value is -2.15. The quantitative estimate of drug-likeness (QED) is 0.649. The molecular formula is C16H12O. The molecule has 0 N–H and O–H groups in total. The van der Waals surface area contributed by atoms with E-state index in [-0.39, 0.29) is 5.78 Å². The van der Waals surface area contributed by atoms with Crippen molar-refractivity contribution in [2.45, 2.75) is 6.42 Å². The van der Waals surface area contributed by atoms with Gasteiger partial charge in [0, 0.05) is 5.57 Å². The van der Waals surface area contributed by atoms with E-state index in [2.05, 4.69) is 18.2 Å². The van der Waals surface area contributed by atoms with Crippen LogP contribution < -0.4 is 10.4 Å². The maximum Gasteiger partial charge on any atom is 0.186 e. The molecule has 0 atom stereocenters. The summed E-state index contributed by atoms with van der Waals surface area (Å²) in [5, 5.41) is 2.09. The third-order valence-corrected chi connectivity index (χ3v) is 3.09. The van der Waals surface area contributed by atoms with Gasteiger partial charge in [-0.15, -0.1) is 0 Å². The van der Waals surface area contributed by atoms with Crippen LogP contribution in [0.5, 0.6) is 0 Å². The standard InChI is InChI=1S/C16H12O/c17-16-11-14-7-2-1-5-12(14)9-10-13-6-3-4-8-15(13)16/h1-5,7-11H,6H2/b12-9-,13-10-,14-11-. The molecule has 0 radical (unpaired) electrons. The van der Waals surface area contributed by atoms with Gasteiger partial charge in [-0.2, -0.15) is 0 Å². The molecule has 2 aliphatic carbocycles. The summed E-state index contributed by atoms with van der Waals surface area (Å²) < 4.78 is 0. The molecule has 1 aromatic rings. The van der Waals surface area contributed by atoms with Crippen molar-refractivity contribution in [3.05, 3.63) is 70.2 Å². The van der Waals surface area contributed by atoms with E-state index >= 15 is 0 Å². The largest absolute Gasteiger partial charge is 0.289 e. The van der Waals surface area contributed by atoms with Gasteiger partial charge in [0.15, 0.2) is 5.78 Å². The molecule has 0 spiro atoms. The molecule has 0 saturated heterocycles. The predicted octanol–water partition coefficient (Wildman–Crippen LogP) is 1.64. The van der Waals surface area contributed by atoms with Crippen LogP contribution in [0.3, 0.4) is 0 Å². The minimum atomic E-state index is 0.0983. The summed E-state index contributed by atoms with van der Waals surface area (Å²) in [7, 11) is 0. The molecule has 0 fully saturated rings. The van der Waals surface area contributed by atoms with Crippen LogP contribution in [0.25, 0.3) is 12.2 Å². The number of ketones is 1. The number of allylic oxidation sites excluding steroid dienone is 6. The molecule has 0 aliphatic heterocycles. The zero-order valence-corrected chi connectivity index (χ0v) is 9.39. The number of carbonyl (C=O) groups is 1. The second-order valence-electron chi connectivity index (χ2n) is 4.21. The highest BCUT2D eigenvalue weighted by Gasteiger charge is 2.13. The van der Waals surface area contributed by atoms with Crippen molar-refractivity contribution < 1.29 is 4.79 Å². The van der Waals surface area contributed by atoms with Crippen LogP contribution in [-0.4, -0.2) is 5.78 Å². The highest BCUT2D eigenvalue weighted by molar-refractivity contribution is 6.19. The third kappa shape index (κ3) is 1.80. The van der Waals surface area contributed by atoms with Gasteiger partial charge in [-0.25, -0.2) is 0 Å². The van der Waals surface area contributed by atoms with Crippen LogP contribution >= 0.6 is 0 Å². The Morgan fingerprint density at radius 2 is 1.76 bits per heavy atom. The van der Waals surface area contributed by atoms with Gasteiger partial charge in [0.05, 0.1) is 0 Å². The van der Waals surface area contributed by atoms with E-state index in [1.807, 2.05) is 36.4 Å². The molecule has 1 aromatic carbocycles. The molecule has 2 aliphatic rings. The van der Waals surface area contributed by atoms with E-state index in [0.717, 1.165) is 28.0 Å². The van der Waals surface area contributed by atoms with Crippen molar-refractivity contribution in [2.75, 3.05) is 0 Å². The molecule has 3 rings (SSSR count). The second kappa shape index (κ2) is 4.02. The number of carbonyl (C=O) groups excluding carboxylic acids is 1. The minimum Gasteiger partial charge on any atom is -0.289 e. The van der Waals surface area contributed by atoms with Gasteiger partial charge in [-0.1, -0.05) is 54.6 Å². The molecular weight excluding hydrogens is 208 g/mol. The molecule has 1 heteroatoms. The lowest BCUT2D eigenvalue weighted by Gasteiger charge is -2.11. The molecule has 82 valence electrons. The average molecular weight is 220 g/mol. The highest BCUT2D eigenvalue weighted by atomic mass is 16.1. The minimum absolute atomic E-state index is 0.0983. The van der Waals surface area contributed by atoms with Gasteiger partial charge in [0.2, 0.25) is 0 Å². The predicted molar refractivity (Wildman–Crippen MR) is 69.6 cm³/mol. The van der Waals surface area contributed by atoms with Crippen LogP contribution in [0.15, 0.2) is 59.7 Å². The number of rotatable bonds is 0. The van der Waals surface area contributed by atoms with Crippen molar-refractivity contribution >= 4 is 17.9 Å². The van der Waals surface area contributed by atoms with Gasteiger partial charge >= 0.3 is 0 Å². The van der Waals surface area contributed by atoms with E-state index in [9.17, 15) is 4.79 Å². The number of hydrogen-bond acceptors (Lipinski definition) is 1. The van der Waals surface area contributed by atoms with Crippen molar-refractivity contribution in [1.82, 2.24) is 0 Å². The number of hydrogen-bond donors (Lipinski definition) is 0. The Morgan fingerprint density at radius 1 is 0.941 bits per heavy atom. The lowest BCUT2D eigenvalue weighted by atomic mass is 9.92. The van der Waals surface area contributed by atoms with Gasteiger partial charge in [-0.3, -0.25) is 4.79 Å². The van der Waals surface area contributed by atoms with Crippen LogP contribution in [0.4, 0.5) is 0 Å². The molecule has 17 heavy (non-hydrogen) atoms. The molecule has 0 amide bonds. The van der Waals surface area contributed by atoms with E-state index in [1.165, 1.54) is 0 Å². The second-order valence-corrected chi connectivity index (χ2v) is 4.21. The highest BCUT2D eigenvalue weighted by Crippen LogP contribution is 2.21. The molecule has 1 nitrogen and oxygen atoms in total. The van der Waals surface area contributed by atoms with Crippen LogP contribution in [0, 0.1) is 0 Å². The van der Waals surface area contributed by atoms with Crippen molar-refractivity contribution in [2.24, 2.45) is 0 Å². The summed E-state index contributed by atoms with van der Waals surface area (Å²) in [4.78, 5) is 12.2. The molecule has 0 bridgehead atoms. The summed E-state index contributed by atoms with van der Waals surface area (Å²) >= 11 is 0. The first-order valence-electron chi connectivity index (χ1n) is 5.74. The van der Waals surface area contributed by atoms with Gasteiger partial charge in [0.1, 0.15) is 0 Å². The lowest BCUT2D eigenvalue weighted by molar-refractivity contribution is -0.109. The summed E-state index contributed by atoms with van der Waals surface area (Å²) in [5.41, 5.74) is 1.92. The molecule has 0 saturated carbocycles. The SMILES string of the molecule is O=C1/C=c2/cccc/c2=C/C=C2/CC=CC=C12. The number of Topliss-reactive ketones (excluding diaryl/α,β-unsaturated/α-hetero) is 1. The Balaban J connectivity index is 2.31. The number of fused-ring (bicyclic) bond motifs is 2. The topological polar surface area (TPSA) is 17.1 Å². The Bertz CT molecular complexity index is 684. The van der Waals surface area contributed by atoms with Crippen molar-refractivity contribution in [3.8, 4) is 0 Å². The summed E-state index contributed by atoms with van der Waals surface area (Å²) in [6, 6.07) is 7.95. The summed E-state index contributed by atoms with van der Waals surface area (Å²) in [6.07, 6.45) is 12.6. The van der Waals surface area contributed by atoms with E-state index < -0.39 is 0 Å². The zero-order chi connectivity index (χ0) is 11.7. The third-order valence-electron chi connectivity index (χ3n) is 3.09. The van der Waals surface area contributed by atoms with Crippen LogP contribution in [0.1, 0.15) is 6.42 Å². The first kappa shape index (κ1) is 10.0.